The maximum atomic E-state index is 14.7. The Hall–Kier alpha value is -4.03. The molecule has 0 aliphatic carbocycles. The van der Waals surface area contributed by atoms with Crippen LogP contribution in [0.3, 0.4) is 0 Å². The number of aromatic amines is 1. The van der Waals surface area contributed by atoms with Gasteiger partial charge in [-0.2, -0.15) is 18.3 Å². The van der Waals surface area contributed by atoms with Gasteiger partial charge >= 0.3 is 6.18 Å². The molecule has 1 aliphatic rings. The first kappa shape index (κ1) is 26.6. The molecule has 3 heterocycles. The molecule has 1 fully saturated rings. The minimum atomic E-state index is -4.58. The van der Waals surface area contributed by atoms with Crippen LogP contribution < -0.4 is 10.1 Å². The standard InChI is InChI=1S/C27H26F4N6O2/c1-36-6-8-37(9-7-36)15-18-2-4-21(12-22(18)27(29,30)31)34-25(38)16-39-24-5-3-17(11-23(24)28)19-10-20-14-33-35-26(20)32-13-19/h2-5,10-14H,6-9,15-16H2,1H3,(H,34,38)(H,32,33,35). The molecule has 12 heteroatoms. The van der Waals surface area contributed by atoms with Gasteiger partial charge < -0.3 is 15.0 Å². The second kappa shape index (κ2) is 11.0. The number of nitrogens with zero attached hydrogens (tertiary/aromatic N) is 4. The molecule has 2 aromatic carbocycles. The van der Waals surface area contributed by atoms with Crippen molar-refractivity contribution in [1.29, 1.82) is 0 Å². The number of piperazine rings is 1. The first-order valence-electron chi connectivity index (χ1n) is 12.3. The predicted molar refractivity (Wildman–Crippen MR) is 138 cm³/mol. The average Bonchev–Trinajstić information content (AvgIpc) is 3.37. The largest absolute Gasteiger partial charge is 0.481 e. The Morgan fingerprint density at radius 3 is 2.59 bits per heavy atom. The summed E-state index contributed by atoms with van der Waals surface area (Å²) in [4.78, 5) is 20.7. The fraction of sp³-hybridized carbons (Fsp3) is 0.296. The van der Waals surface area contributed by atoms with Crippen molar-refractivity contribution >= 4 is 22.6 Å². The van der Waals surface area contributed by atoms with E-state index in [0.717, 1.165) is 24.5 Å². The smallest absolute Gasteiger partial charge is 0.416 e. The molecule has 0 unspecified atom stereocenters. The number of aromatic nitrogens is 3. The number of carbonyl (C=O) groups is 1. The zero-order chi connectivity index (χ0) is 27.6. The summed E-state index contributed by atoms with van der Waals surface area (Å²) >= 11 is 0. The quantitative estimate of drug-likeness (QED) is 0.334. The molecule has 1 aliphatic heterocycles. The Bertz CT molecular complexity index is 1480. The Balaban J connectivity index is 1.22. The van der Waals surface area contributed by atoms with Crippen molar-refractivity contribution in [3.05, 3.63) is 71.8 Å². The second-order valence-electron chi connectivity index (χ2n) is 9.46. The summed E-state index contributed by atoms with van der Waals surface area (Å²) in [5.74, 6) is -1.57. The van der Waals surface area contributed by atoms with Crippen LogP contribution in [0.15, 0.2) is 54.9 Å². The highest BCUT2D eigenvalue weighted by Gasteiger charge is 2.34. The summed E-state index contributed by atoms with van der Waals surface area (Å²) in [6, 6.07) is 9.79. The van der Waals surface area contributed by atoms with Gasteiger partial charge in [0.2, 0.25) is 0 Å². The zero-order valence-electron chi connectivity index (χ0n) is 21.1. The van der Waals surface area contributed by atoms with Gasteiger partial charge in [0.05, 0.1) is 11.8 Å². The van der Waals surface area contributed by atoms with Gasteiger partial charge in [-0.25, -0.2) is 9.37 Å². The van der Waals surface area contributed by atoms with E-state index in [1.54, 1.807) is 24.5 Å². The number of hydrogen-bond donors (Lipinski definition) is 2. The van der Waals surface area contributed by atoms with Gasteiger partial charge in [-0.05, 0) is 48.5 Å². The summed E-state index contributed by atoms with van der Waals surface area (Å²) in [7, 11) is 1.98. The van der Waals surface area contributed by atoms with Crippen molar-refractivity contribution in [2.75, 3.05) is 45.2 Å². The monoisotopic (exact) mass is 542 g/mol. The molecule has 2 aromatic heterocycles. The minimum Gasteiger partial charge on any atom is -0.481 e. The molecule has 0 saturated carbocycles. The molecule has 1 saturated heterocycles. The number of carbonyl (C=O) groups excluding carboxylic acids is 1. The van der Waals surface area contributed by atoms with Crippen LogP contribution in [0.5, 0.6) is 5.75 Å². The number of pyridine rings is 1. The number of nitrogens with one attached hydrogen (secondary N) is 2. The Morgan fingerprint density at radius 1 is 1.05 bits per heavy atom. The van der Waals surface area contributed by atoms with Crippen LogP contribution in [0.4, 0.5) is 23.2 Å². The lowest BCUT2D eigenvalue weighted by atomic mass is 10.0. The van der Waals surface area contributed by atoms with E-state index < -0.39 is 30.1 Å². The van der Waals surface area contributed by atoms with Crippen molar-refractivity contribution < 1.29 is 27.1 Å². The van der Waals surface area contributed by atoms with Crippen molar-refractivity contribution in [2.24, 2.45) is 0 Å². The predicted octanol–water partition coefficient (Wildman–Crippen LogP) is 4.55. The molecule has 5 rings (SSSR count). The topological polar surface area (TPSA) is 86.4 Å². The minimum absolute atomic E-state index is 0.0176. The highest BCUT2D eigenvalue weighted by Crippen LogP contribution is 2.35. The van der Waals surface area contributed by atoms with E-state index in [1.165, 1.54) is 24.3 Å². The van der Waals surface area contributed by atoms with Crippen molar-refractivity contribution in [3.8, 4) is 16.9 Å². The summed E-state index contributed by atoms with van der Waals surface area (Å²) in [5.41, 5.74) is 1.16. The first-order valence-corrected chi connectivity index (χ1v) is 12.3. The van der Waals surface area contributed by atoms with Gasteiger partial charge in [0.1, 0.15) is 0 Å². The van der Waals surface area contributed by atoms with Gasteiger partial charge in [0.15, 0.2) is 23.8 Å². The highest BCUT2D eigenvalue weighted by molar-refractivity contribution is 5.92. The van der Waals surface area contributed by atoms with E-state index in [0.29, 0.717) is 29.9 Å². The number of anilines is 1. The van der Waals surface area contributed by atoms with Crippen LogP contribution in [0, 0.1) is 5.82 Å². The highest BCUT2D eigenvalue weighted by atomic mass is 19.4. The number of amides is 1. The van der Waals surface area contributed by atoms with Gasteiger partial charge in [-0.3, -0.25) is 14.8 Å². The van der Waals surface area contributed by atoms with Gasteiger partial charge in [0.25, 0.3) is 5.91 Å². The summed E-state index contributed by atoms with van der Waals surface area (Å²) in [6.07, 6.45) is -1.40. The third-order valence-corrected chi connectivity index (χ3v) is 6.60. The summed E-state index contributed by atoms with van der Waals surface area (Å²) in [5, 5.41) is 9.83. The van der Waals surface area contributed by atoms with E-state index in [1.807, 2.05) is 11.9 Å². The molecule has 0 bridgehead atoms. The van der Waals surface area contributed by atoms with Crippen LogP contribution in [-0.2, 0) is 17.5 Å². The van der Waals surface area contributed by atoms with Crippen LogP contribution >= 0.6 is 0 Å². The fourth-order valence-corrected chi connectivity index (χ4v) is 4.44. The van der Waals surface area contributed by atoms with Crippen molar-refractivity contribution in [2.45, 2.75) is 12.7 Å². The maximum Gasteiger partial charge on any atom is 0.416 e. The fourth-order valence-electron chi connectivity index (χ4n) is 4.44. The SMILES string of the molecule is CN1CCN(Cc2ccc(NC(=O)COc3ccc(-c4cnc5[nH]ncc5c4)cc3F)cc2C(F)(F)F)CC1. The number of likely N-dealkylation sites (N-methyl/N-ethyl adjacent to an activating group) is 1. The van der Waals surface area contributed by atoms with E-state index in [-0.39, 0.29) is 23.5 Å². The Labute approximate surface area is 221 Å². The molecular weight excluding hydrogens is 516 g/mol. The third kappa shape index (κ3) is 6.35. The number of benzene rings is 2. The summed E-state index contributed by atoms with van der Waals surface area (Å²) in [6.45, 7) is 2.52. The Morgan fingerprint density at radius 2 is 1.85 bits per heavy atom. The lowest BCUT2D eigenvalue weighted by Crippen LogP contribution is -2.44. The number of hydrogen-bond acceptors (Lipinski definition) is 6. The first-order chi connectivity index (χ1) is 18.7. The van der Waals surface area contributed by atoms with E-state index in [2.05, 4.69) is 25.4 Å². The van der Waals surface area contributed by atoms with Crippen LogP contribution in [-0.4, -0.2) is 70.7 Å². The van der Waals surface area contributed by atoms with E-state index in [9.17, 15) is 22.4 Å². The van der Waals surface area contributed by atoms with Gasteiger partial charge in [0, 0.05) is 55.6 Å². The van der Waals surface area contributed by atoms with Gasteiger partial charge in [-0.15, -0.1) is 0 Å². The maximum absolute atomic E-state index is 14.7. The molecule has 4 aromatic rings. The van der Waals surface area contributed by atoms with Crippen molar-refractivity contribution in [3.63, 3.8) is 0 Å². The molecular formula is C27H26F4N6O2. The van der Waals surface area contributed by atoms with Crippen LogP contribution in [0.2, 0.25) is 0 Å². The molecule has 204 valence electrons. The number of rotatable bonds is 7. The molecule has 39 heavy (non-hydrogen) atoms. The second-order valence-corrected chi connectivity index (χ2v) is 9.46. The number of alkyl halides is 3. The molecule has 0 radical (unpaired) electrons. The van der Waals surface area contributed by atoms with E-state index >= 15 is 0 Å². The third-order valence-electron chi connectivity index (χ3n) is 6.60. The molecule has 8 nitrogen and oxygen atoms in total. The number of ether oxygens (including phenoxy) is 1. The van der Waals surface area contributed by atoms with Crippen molar-refractivity contribution in [1.82, 2.24) is 25.0 Å². The van der Waals surface area contributed by atoms with Crippen LogP contribution in [0.1, 0.15) is 11.1 Å². The van der Waals surface area contributed by atoms with Gasteiger partial charge in [-0.1, -0.05) is 12.1 Å². The molecule has 2 N–H and O–H groups in total. The average molecular weight is 543 g/mol. The summed E-state index contributed by atoms with van der Waals surface area (Å²) < 4.78 is 61.4. The lowest BCUT2D eigenvalue weighted by molar-refractivity contribution is -0.138. The Kier molecular flexibility index (Phi) is 7.49. The normalized spacial score (nSPS) is 15.0. The molecule has 0 atom stereocenters. The van der Waals surface area contributed by atoms with Crippen LogP contribution in [0.25, 0.3) is 22.2 Å². The lowest BCUT2D eigenvalue weighted by Gasteiger charge is -2.33. The zero-order valence-corrected chi connectivity index (χ0v) is 21.1. The molecule has 0 spiro atoms. The van der Waals surface area contributed by atoms with E-state index in [4.69, 9.17) is 4.74 Å². The number of halogens is 4. The number of fused-ring (bicyclic) bond motifs is 1. The molecule has 1 amide bonds. The number of H-pyrrole nitrogens is 1.